The highest BCUT2D eigenvalue weighted by atomic mass is 35.5. The van der Waals surface area contributed by atoms with Gasteiger partial charge in [-0.3, -0.25) is 4.79 Å². The number of fused-ring (bicyclic) bond motifs is 2. The molecule has 0 spiro atoms. The van der Waals surface area contributed by atoms with Gasteiger partial charge >= 0.3 is 0 Å². The maximum absolute atomic E-state index is 12.5. The lowest BCUT2D eigenvalue weighted by atomic mass is 10.2. The Labute approximate surface area is 216 Å². The lowest BCUT2D eigenvalue weighted by molar-refractivity contribution is -0.127. The number of carbonyl (C=O) groups excluding carboxylic acids is 1. The zero-order valence-corrected chi connectivity index (χ0v) is 20.2. The molecule has 10 nitrogen and oxygen atoms in total. The van der Waals surface area contributed by atoms with E-state index in [0.29, 0.717) is 33.7 Å². The number of nitrogen functional groups attached to an aromatic ring is 1. The van der Waals surface area contributed by atoms with E-state index in [1.807, 2.05) is 23.6 Å². The Morgan fingerprint density at radius 2 is 2.25 bits per heavy atom. The summed E-state index contributed by atoms with van der Waals surface area (Å²) < 4.78 is 30.8. The van der Waals surface area contributed by atoms with E-state index in [2.05, 4.69) is 33.4 Å². The lowest BCUT2D eigenvalue weighted by Crippen LogP contribution is -2.37. The minimum absolute atomic E-state index is 0.162. The number of amides is 1. The fourth-order valence-electron chi connectivity index (χ4n) is 4.60. The standard InChI is InChI=1S/C25H25ClN8O2/c1-4-22(35)33-11-16(9-17(33)12-36-3)34-25-23(24(27)28-13-29-25)19(31-34)7-6-15-8-20-21(10-18(15)26)32(5-2)14-30-20/h4,8,10,13-14,16-17H,1,5,9,11-12H2,2-3H3,(H2,27,28,29)/t16-,17+/m0/s1/i3D3. The molecule has 1 aliphatic rings. The van der Waals surface area contributed by atoms with Gasteiger partial charge in [-0.1, -0.05) is 24.1 Å². The first-order valence-electron chi connectivity index (χ1n) is 12.8. The summed E-state index contributed by atoms with van der Waals surface area (Å²) in [5.41, 5.74) is 9.27. The van der Waals surface area contributed by atoms with E-state index in [4.69, 9.17) is 31.3 Å². The highest BCUT2D eigenvalue weighted by Gasteiger charge is 2.37. The third-order valence-electron chi connectivity index (χ3n) is 6.36. The lowest BCUT2D eigenvalue weighted by Gasteiger charge is -2.22. The first kappa shape index (κ1) is 20.3. The maximum atomic E-state index is 12.5. The molecule has 4 aromatic rings. The maximum Gasteiger partial charge on any atom is 0.246 e. The molecule has 2 N–H and O–H groups in total. The second kappa shape index (κ2) is 9.60. The van der Waals surface area contributed by atoms with Gasteiger partial charge in [-0.2, -0.15) is 5.10 Å². The number of aryl methyl sites for hydroxylation is 1. The Bertz CT molecular complexity index is 1650. The van der Waals surface area contributed by atoms with Crippen molar-refractivity contribution in [1.82, 2.24) is 34.2 Å². The molecular weight excluding hydrogens is 480 g/mol. The average molecular weight is 508 g/mol. The Morgan fingerprint density at radius 3 is 3.03 bits per heavy atom. The van der Waals surface area contributed by atoms with E-state index in [-0.39, 0.29) is 30.9 Å². The molecule has 5 rings (SSSR count). The molecule has 36 heavy (non-hydrogen) atoms. The largest absolute Gasteiger partial charge is 0.383 e. The van der Waals surface area contributed by atoms with Gasteiger partial charge in [0, 0.05) is 25.7 Å². The van der Waals surface area contributed by atoms with Crippen molar-refractivity contribution < 1.29 is 13.6 Å². The molecule has 1 aliphatic heterocycles. The van der Waals surface area contributed by atoms with Crippen molar-refractivity contribution >= 4 is 45.4 Å². The number of imidazole rings is 1. The average Bonchev–Trinajstić information content (AvgIpc) is 3.60. The van der Waals surface area contributed by atoms with Crippen molar-refractivity contribution in [1.29, 1.82) is 0 Å². The van der Waals surface area contributed by atoms with Crippen LogP contribution in [0.15, 0.2) is 37.4 Å². The molecule has 0 radical (unpaired) electrons. The monoisotopic (exact) mass is 507 g/mol. The summed E-state index contributed by atoms with van der Waals surface area (Å²) in [7, 11) is -2.58. The minimum atomic E-state index is -2.58. The molecule has 2 atom stereocenters. The van der Waals surface area contributed by atoms with Crippen molar-refractivity contribution in [3.63, 3.8) is 0 Å². The minimum Gasteiger partial charge on any atom is -0.383 e. The van der Waals surface area contributed by atoms with Gasteiger partial charge in [0.25, 0.3) is 0 Å². The normalized spacial score (nSPS) is 19.1. The Kier molecular flexibility index (Phi) is 5.41. The van der Waals surface area contributed by atoms with Gasteiger partial charge in [0.05, 0.1) is 50.6 Å². The highest BCUT2D eigenvalue weighted by molar-refractivity contribution is 6.32. The summed E-state index contributed by atoms with van der Waals surface area (Å²) in [4.78, 5) is 27.0. The summed E-state index contributed by atoms with van der Waals surface area (Å²) in [6.45, 7) is 6.43. The van der Waals surface area contributed by atoms with E-state index in [1.54, 1.807) is 11.0 Å². The molecular formula is C25H25ClN8O2. The fraction of sp³-hybridized carbons (Fsp3) is 0.320. The number of nitrogens with two attached hydrogens (primary N) is 1. The molecule has 0 saturated carbocycles. The van der Waals surface area contributed by atoms with Crippen LogP contribution in [0.1, 0.15) is 34.8 Å². The summed E-state index contributed by atoms with van der Waals surface area (Å²) in [5, 5.41) is 5.65. The zero-order chi connectivity index (χ0) is 27.9. The van der Waals surface area contributed by atoms with Crippen LogP contribution in [0.5, 0.6) is 0 Å². The Morgan fingerprint density at radius 1 is 1.39 bits per heavy atom. The predicted molar refractivity (Wildman–Crippen MR) is 137 cm³/mol. The molecule has 1 aromatic carbocycles. The molecule has 4 heterocycles. The third-order valence-corrected chi connectivity index (χ3v) is 6.67. The van der Waals surface area contributed by atoms with E-state index < -0.39 is 13.1 Å². The van der Waals surface area contributed by atoms with Crippen molar-refractivity contribution in [2.75, 3.05) is 25.9 Å². The van der Waals surface area contributed by atoms with E-state index in [0.717, 1.165) is 17.6 Å². The van der Waals surface area contributed by atoms with Crippen molar-refractivity contribution in [3.8, 4) is 11.8 Å². The van der Waals surface area contributed by atoms with Gasteiger partial charge in [0.2, 0.25) is 5.91 Å². The van der Waals surface area contributed by atoms with Crippen LogP contribution in [0, 0.1) is 11.8 Å². The fourth-order valence-corrected chi connectivity index (χ4v) is 4.81. The van der Waals surface area contributed by atoms with Gasteiger partial charge in [0.15, 0.2) is 5.65 Å². The van der Waals surface area contributed by atoms with E-state index in [9.17, 15) is 4.79 Å². The van der Waals surface area contributed by atoms with Gasteiger partial charge in [-0.25, -0.2) is 19.6 Å². The summed E-state index contributed by atoms with van der Waals surface area (Å²) in [5.74, 6) is 6.01. The van der Waals surface area contributed by atoms with Crippen LogP contribution in [0.2, 0.25) is 5.02 Å². The van der Waals surface area contributed by atoms with E-state index in [1.165, 1.54) is 17.3 Å². The topological polar surface area (TPSA) is 117 Å². The van der Waals surface area contributed by atoms with Gasteiger partial charge < -0.3 is 19.9 Å². The number of rotatable bonds is 5. The van der Waals surface area contributed by atoms with Crippen molar-refractivity contribution in [3.05, 3.63) is 53.7 Å². The van der Waals surface area contributed by atoms with E-state index >= 15 is 0 Å². The van der Waals surface area contributed by atoms with Gasteiger partial charge in [-0.15, -0.1) is 0 Å². The Hall–Kier alpha value is -3.94. The number of benzene rings is 1. The summed E-state index contributed by atoms with van der Waals surface area (Å²) in [6.07, 6.45) is 4.65. The Balaban J connectivity index is 1.52. The first-order chi connectivity index (χ1) is 18.6. The predicted octanol–water partition coefficient (Wildman–Crippen LogP) is 2.81. The van der Waals surface area contributed by atoms with Crippen molar-refractivity contribution in [2.24, 2.45) is 0 Å². The smallest absolute Gasteiger partial charge is 0.246 e. The number of aromatic nitrogens is 6. The van der Waals surface area contributed by atoms with Crippen LogP contribution in [0.25, 0.3) is 22.1 Å². The number of ether oxygens (including phenoxy) is 1. The van der Waals surface area contributed by atoms with Crippen LogP contribution in [0.4, 0.5) is 5.82 Å². The summed E-state index contributed by atoms with van der Waals surface area (Å²) in [6, 6.07) is 2.81. The second-order valence-corrected chi connectivity index (χ2v) is 8.81. The molecule has 0 aliphatic carbocycles. The number of anilines is 1. The number of methoxy groups -OCH3 is 1. The molecule has 184 valence electrons. The third kappa shape index (κ3) is 4.06. The molecule has 1 fully saturated rings. The van der Waals surface area contributed by atoms with Crippen LogP contribution >= 0.6 is 11.6 Å². The molecule has 0 bridgehead atoms. The molecule has 0 unspecified atom stereocenters. The van der Waals surface area contributed by atoms with Crippen LogP contribution in [-0.2, 0) is 16.1 Å². The number of nitrogens with zero attached hydrogens (tertiary/aromatic N) is 7. The summed E-state index contributed by atoms with van der Waals surface area (Å²) >= 11 is 6.53. The number of carbonyl (C=O) groups is 1. The van der Waals surface area contributed by atoms with Gasteiger partial charge in [-0.05, 0) is 37.5 Å². The van der Waals surface area contributed by atoms with Crippen molar-refractivity contribution in [2.45, 2.75) is 32.0 Å². The molecule has 11 heteroatoms. The second-order valence-electron chi connectivity index (χ2n) is 8.40. The van der Waals surface area contributed by atoms with Crippen LogP contribution < -0.4 is 5.73 Å². The zero-order valence-electron chi connectivity index (χ0n) is 22.5. The quantitative estimate of drug-likeness (QED) is 0.326. The number of hydrogen-bond acceptors (Lipinski definition) is 7. The molecule has 3 aromatic heterocycles. The molecule has 1 saturated heterocycles. The SMILES string of the molecule is [2H]C([2H])([2H])OC[C@H]1C[C@H](n2nc(C#Cc3cc4ncn(CC)c4cc3Cl)c3c(N)ncnc32)CN1C(=O)C=C. The van der Waals surface area contributed by atoms with Crippen LogP contribution in [-0.4, -0.2) is 66.3 Å². The number of likely N-dealkylation sites (tertiary alicyclic amines) is 1. The number of hydrogen-bond donors (Lipinski definition) is 1. The first-order valence-corrected chi connectivity index (χ1v) is 11.7. The highest BCUT2D eigenvalue weighted by Crippen LogP contribution is 2.32. The number of halogens is 1. The van der Waals surface area contributed by atoms with Crippen LogP contribution in [0.3, 0.4) is 0 Å². The molecule has 1 amide bonds. The van der Waals surface area contributed by atoms with Gasteiger partial charge in [0.1, 0.15) is 17.8 Å².